The van der Waals surface area contributed by atoms with Crippen LogP contribution in [0.5, 0.6) is 0 Å². The molecule has 4 rings (SSSR count). The zero-order chi connectivity index (χ0) is 30.7. The van der Waals surface area contributed by atoms with Crippen LogP contribution in [0.25, 0.3) is 5.82 Å². The van der Waals surface area contributed by atoms with Crippen molar-refractivity contribution in [2.75, 3.05) is 29.6 Å². The van der Waals surface area contributed by atoms with Gasteiger partial charge in [-0.2, -0.15) is 23.0 Å². The molecule has 222 valence electrons. The molecular formula is C29H33F3N8O2. The van der Waals surface area contributed by atoms with Crippen LogP contribution in [0.3, 0.4) is 0 Å². The van der Waals surface area contributed by atoms with Gasteiger partial charge in [0.2, 0.25) is 0 Å². The second kappa shape index (κ2) is 12.2. The molecule has 0 bridgehead atoms. The number of carbonyl (C=O) groups is 1. The predicted molar refractivity (Wildman–Crippen MR) is 155 cm³/mol. The van der Waals surface area contributed by atoms with Gasteiger partial charge in [-0.3, -0.25) is 4.79 Å². The minimum Gasteiger partial charge on any atom is -0.394 e. The van der Waals surface area contributed by atoms with Gasteiger partial charge in [-0.05, 0) is 69.2 Å². The smallest absolute Gasteiger partial charge is 0.394 e. The quantitative estimate of drug-likeness (QED) is 0.173. The second-order valence-corrected chi connectivity index (χ2v) is 10.5. The fourth-order valence-electron chi connectivity index (χ4n) is 4.02. The highest BCUT2D eigenvalue weighted by Gasteiger charge is 2.32. The Morgan fingerprint density at radius 3 is 2.48 bits per heavy atom. The van der Waals surface area contributed by atoms with E-state index in [1.54, 1.807) is 49.8 Å². The average Bonchev–Trinajstić information content (AvgIpc) is 3.32. The largest absolute Gasteiger partial charge is 0.416 e. The van der Waals surface area contributed by atoms with Crippen LogP contribution in [-0.2, 0) is 12.7 Å². The van der Waals surface area contributed by atoms with Crippen molar-refractivity contribution in [1.29, 1.82) is 0 Å². The van der Waals surface area contributed by atoms with Crippen molar-refractivity contribution in [1.82, 2.24) is 25.1 Å². The summed E-state index contributed by atoms with van der Waals surface area (Å²) in [5.74, 6) is 1.07. The monoisotopic (exact) mass is 582 g/mol. The maximum Gasteiger partial charge on any atom is 0.416 e. The van der Waals surface area contributed by atoms with Crippen LogP contribution in [0.15, 0.2) is 54.9 Å². The Kier molecular flexibility index (Phi) is 8.83. The minimum atomic E-state index is -4.64. The molecule has 4 aromatic rings. The first-order valence-electron chi connectivity index (χ1n) is 13.1. The Morgan fingerprint density at radius 1 is 1.02 bits per heavy atom. The topological polar surface area (TPSA) is 129 Å². The van der Waals surface area contributed by atoms with Crippen molar-refractivity contribution in [3.63, 3.8) is 0 Å². The van der Waals surface area contributed by atoms with Crippen LogP contribution in [0, 0.1) is 13.8 Å². The van der Waals surface area contributed by atoms with Crippen molar-refractivity contribution in [3.05, 3.63) is 82.8 Å². The van der Waals surface area contributed by atoms with Gasteiger partial charge in [0.15, 0.2) is 5.82 Å². The number of amides is 1. The van der Waals surface area contributed by atoms with Gasteiger partial charge in [0, 0.05) is 48.2 Å². The van der Waals surface area contributed by atoms with Gasteiger partial charge < -0.3 is 26.4 Å². The van der Waals surface area contributed by atoms with Crippen LogP contribution >= 0.6 is 0 Å². The maximum absolute atomic E-state index is 13.7. The van der Waals surface area contributed by atoms with Gasteiger partial charge in [-0.1, -0.05) is 6.07 Å². The lowest BCUT2D eigenvalue weighted by Crippen LogP contribution is -2.42. The number of alkyl halides is 3. The second-order valence-electron chi connectivity index (χ2n) is 10.5. The summed E-state index contributed by atoms with van der Waals surface area (Å²) in [5, 5.41) is 26.0. The third-order valence-electron chi connectivity index (χ3n) is 6.46. The number of aromatic nitrogens is 4. The van der Waals surface area contributed by atoms with Crippen molar-refractivity contribution in [2.45, 2.75) is 46.0 Å². The van der Waals surface area contributed by atoms with Crippen molar-refractivity contribution < 1.29 is 23.1 Å². The van der Waals surface area contributed by atoms with Crippen LogP contribution in [0.1, 0.15) is 46.6 Å². The zero-order valence-electron chi connectivity index (χ0n) is 23.9. The normalized spacial score (nSPS) is 11.8. The maximum atomic E-state index is 13.7. The highest BCUT2D eigenvalue weighted by molar-refractivity contribution is 6.04. The molecule has 1 amide bonds. The molecule has 42 heavy (non-hydrogen) atoms. The number of aliphatic hydroxyl groups excluding tert-OH is 1. The number of rotatable bonds is 10. The number of aliphatic hydroxyl groups is 1. The van der Waals surface area contributed by atoms with Gasteiger partial charge in [-0.25, -0.2) is 9.97 Å². The Hall–Kier alpha value is -4.49. The third kappa shape index (κ3) is 7.42. The van der Waals surface area contributed by atoms with E-state index in [9.17, 15) is 23.1 Å². The van der Waals surface area contributed by atoms with E-state index in [4.69, 9.17) is 0 Å². The predicted octanol–water partition coefficient (Wildman–Crippen LogP) is 5.20. The lowest BCUT2D eigenvalue weighted by atomic mass is 10.0. The molecule has 0 saturated carbocycles. The molecule has 0 aliphatic rings. The van der Waals surface area contributed by atoms with E-state index in [1.165, 1.54) is 12.4 Å². The Morgan fingerprint density at radius 2 is 1.79 bits per heavy atom. The molecule has 0 unspecified atom stereocenters. The van der Waals surface area contributed by atoms with E-state index < -0.39 is 23.2 Å². The summed E-state index contributed by atoms with van der Waals surface area (Å²) in [6, 6.07) is 11.9. The molecule has 0 aliphatic heterocycles. The van der Waals surface area contributed by atoms with E-state index in [1.807, 2.05) is 19.9 Å². The SMILES string of the molecule is CNc1cc(-n2nc(C)cc2Nc2cc(NC(=O)c3cc(CNC(C)(C)CO)cc(C(F)(F)F)c3)ccc2C)ncn1. The third-order valence-corrected chi connectivity index (χ3v) is 6.46. The zero-order valence-corrected chi connectivity index (χ0v) is 23.9. The summed E-state index contributed by atoms with van der Waals surface area (Å²) in [6.07, 6.45) is -3.22. The first-order valence-corrected chi connectivity index (χ1v) is 13.1. The van der Waals surface area contributed by atoms with E-state index in [0.717, 1.165) is 23.4 Å². The number of hydrogen-bond donors (Lipinski definition) is 5. The number of nitrogens with zero attached hydrogens (tertiary/aromatic N) is 4. The van der Waals surface area contributed by atoms with Crippen LogP contribution in [0.4, 0.5) is 36.2 Å². The molecule has 0 radical (unpaired) electrons. The van der Waals surface area contributed by atoms with Gasteiger partial charge >= 0.3 is 6.18 Å². The fraction of sp³-hybridized carbons (Fsp3) is 0.310. The molecule has 0 atom stereocenters. The number of anilines is 4. The van der Waals surface area contributed by atoms with Crippen LogP contribution in [-0.4, -0.2) is 50.0 Å². The molecule has 2 heterocycles. The first-order chi connectivity index (χ1) is 19.8. The molecule has 2 aromatic carbocycles. The highest BCUT2D eigenvalue weighted by Crippen LogP contribution is 2.32. The van der Waals surface area contributed by atoms with Gasteiger partial charge in [0.25, 0.3) is 5.91 Å². The molecule has 10 nitrogen and oxygen atoms in total. The fourth-order valence-corrected chi connectivity index (χ4v) is 4.02. The standard InChI is InChI=1S/C29H33F3N8O2/c1-17-6-7-22(12-23(17)38-26-8-18(2)39-40(26)25-13-24(33-5)34-16-35-25)37-27(42)20-9-19(14-36-28(3,4)15-41)10-21(11-20)29(30,31)32/h6-13,16,36,38,41H,14-15H2,1-5H3,(H,37,42)(H,33,34,35). The molecule has 0 spiro atoms. The Labute approximate surface area is 241 Å². The van der Waals surface area contributed by atoms with Crippen molar-refractivity contribution in [2.24, 2.45) is 0 Å². The van der Waals surface area contributed by atoms with Crippen LogP contribution < -0.4 is 21.3 Å². The van der Waals surface area contributed by atoms with Gasteiger partial charge in [0.05, 0.1) is 17.9 Å². The molecular weight excluding hydrogens is 549 g/mol. The van der Waals surface area contributed by atoms with Crippen molar-refractivity contribution in [3.8, 4) is 5.82 Å². The number of carbonyl (C=O) groups excluding carboxylic acids is 1. The summed E-state index contributed by atoms with van der Waals surface area (Å²) in [5.41, 5.74) is 1.10. The lowest BCUT2D eigenvalue weighted by molar-refractivity contribution is -0.137. The molecule has 0 saturated heterocycles. The van der Waals surface area contributed by atoms with E-state index in [0.29, 0.717) is 28.8 Å². The molecule has 13 heteroatoms. The van der Waals surface area contributed by atoms with Gasteiger partial charge in [-0.15, -0.1) is 0 Å². The molecule has 0 fully saturated rings. The molecule has 5 N–H and O–H groups in total. The number of aryl methyl sites for hydroxylation is 2. The van der Waals surface area contributed by atoms with Gasteiger partial charge in [0.1, 0.15) is 18.0 Å². The number of nitrogens with one attached hydrogen (secondary N) is 4. The average molecular weight is 583 g/mol. The molecule has 2 aromatic heterocycles. The summed E-state index contributed by atoms with van der Waals surface area (Å²) < 4.78 is 42.6. The lowest BCUT2D eigenvalue weighted by Gasteiger charge is -2.24. The Balaban J connectivity index is 1.60. The summed E-state index contributed by atoms with van der Waals surface area (Å²) in [7, 11) is 1.75. The summed E-state index contributed by atoms with van der Waals surface area (Å²) >= 11 is 0. The van der Waals surface area contributed by atoms with E-state index in [-0.39, 0.29) is 24.3 Å². The van der Waals surface area contributed by atoms with Crippen molar-refractivity contribution >= 4 is 28.9 Å². The number of benzene rings is 2. The summed E-state index contributed by atoms with van der Waals surface area (Å²) in [4.78, 5) is 21.6. The van der Waals surface area contributed by atoms with E-state index in [2.05, 4.69) is 36.3 Å². The number of hydrogen-bond acceptors (Lipinski definition) is 8. The highest BCUT2D eigenvalue weighted by atomic mass is 19.4. The summed E-state index contributed by atoms with van der Waals surface area (Å²) in [6.45, 7) is 6.99. The first kappa shape index (κ1) is 30.5. The minimum absolute atomic E-state index is 0.0333. The van der Waals surface area contributed by atoms with Crippen LogP contribution in [0.2, 0.25) is 0 Å². The number of halogens is 3. The molecule has 0 aliphatic carbocycles. The van der Waals surface area contributed by atoms with E-state index >= 15 is 0 Å². The Bertz CT molecular complexity index is 1580.